The summed E-state index contributed by atoms with van der Waals surface area (Å²) in [5, 5.41) is 22.0. The summed E-state index contributed by atoms with van der Waals surface area (Å²) in [6.07, 6.45) is 3.41. The first kappa shape index (κ1) is 23.7. The lowest BCUT2D eigenvalue weighted by Gasteiger charge is -2.34. The van der Waals surface area contributed by atoms with Gasteiger partial charge in [-0.05, 0) is 31.4 Å². The Bertz CT molecular complexity index is 1240. The molecular weight excluding hydrogens is 472 g/mol. The number of aliphatic hydroxyl groups is 1. The van der Waals surface area contributed by atoms with Crippen molar-refractivity contribution >= 4 is 34.2 Å². The molecule has 10 nitrogen and oxygen atoms in total. The Balaban J connectivity index is 1.16. The molecule has 0 saturated heterocycles. The first-order valence-corrected chi connectivity index (χ1v) is 11.9. The van der Waals surface area contributed by atoms with Crippen LogP contribution < -0.4 is 25.4 Å². The summed E-state index contributed by atoms with van der Waals surface area (Å²) in [5.41, 5.74) is 2.37. The zero-order valence-electron chi connectivity index (χ0n) is 19.3. The zero-order valence-corrected chi connectivity index (χ0v) is 20.0. The number of anilines is 1. The van der Waals surface area contributed by atoms with Crippen molar-refractivity contribution in [1.82, 2.24) is 25.6 Å². The molecule has 1 saturated carbocycles. The average Bonchev–Trinajstić information content (AvgIpc) is 2.87. The number of nitrogens with one attached hydrogen (secondary N) is 3. The summed E-state index contributed by atoms with van der Waals surface area (Å²) in [6.45, 7) is 0.922. The van der Waals surface area contributed by atoms with Crippen LogP contribution in [-0.2, 0) is 17.9 Å². The number of benzene rings is 1. The number of carbonyl (C=O) groups is 1. The minimum absolute atomic E-state index is 0.0498. The lowest BCUT2D eigenvalue weighted by atomic mass is 9.88. The van der Waals surface area contributed by atoms with E-state index >= 15 is 0 Å². The summed E-state index contributed by atoms with van der Waals surface area (Å²) < 4.78 is 10.5. The normalized spacial score (nSPS) is 21.8. The molecule has 0 unspecified atom stereocenters. The predicted molar refractivity (Wildman–Crippen MR) is 131 cm³/mol. The molecule has 3 heterocycles. The smallest absolute Gasteiger partial charge is 0.263 e. The standard InChI is InChI=1S/C24H27ClN6O4/c1-34-21-7-3-13-2-5-17(25)16(22(13)31-21)11-27-18-6-4-14(8-19(18)32)26-9-15-10-28-24-23(29-15)30-20(33)12-35-24/h2-3,5,7,10,14,18-19,26-27,32H,4,6,8-9,11-12H2,1H3,(H,29,30,33)/t14-,18-,19+/m1/s1. The molecule has 11 heteroatoms. The van der Waals surface area contributed by atoms with Crippen molar-refractivity contribution in [3.63, 3.8) is 0 Å². The highest BCUT2D eigenvalue weighted by Gasteiger charge is 2.29. The highest BCUT2D eigenvalue weighted by Crippen LogP contribution is 2.28. The number of fused-ring (bicyclic) bond motifs is 2. The van der Waals surface area contributed by atoms with Crippen LogP contribution in [0.3, 0.4) is 0 Å². The summed E-state index contributed by atoms with van der Waals surface area (Å²) in [5.74, 6) is 0.958. The maximum Gasteiger partial charge on any atom is 0.263 e. The Labute approximate surface area is 207 Å². The summed E-state index contributed by atoms with van der Waals surface area (Å²) in [4.78, 5) is 24.7. The molecular formula is C24H27ClN6O4. The molecule has 2 aliphatic rings. The molecule has 0 bridgehead atoms. The number of hydrogen-bond acceptors (Lipinski definition) is 9. The predicted octanol–water partition coefficient (Wildman–Crippen LogP) is 2.18. The van der Waals surface area contributed by atoms with Crippen molar-refractivity contribution < 1.29 is 19.4 Å². The number of rotatable bonds is 7. The van der Waals surface area contributed by atoms with E-state index in [2.05, 4.69) is 30.9 Å². The Kier molecular flexibility index (Phi) is 6.96. The highest BCUT2D eigenvalue weighted by molar-refractivity contribution is 6.32. The molecule has 3 atom stereocenters. The summed E-state index contributed by atoms with van der Waals surface area (Å²) >= 11 is 6.49. The number of hydrogen-bond donors (Lipinski definition) is 4. The monoisotopic (exact) mass is 498 g/mol. The van der Waals surface area contributed by atoms with E-state index in [4.69, 9.17) is 21.1 Å². The molecule has 3 aromatic rings. The third-order valence-electron chi connectivity index (χ3n) is 6.41. The second-order valence-electron chi connectivity index (χ2n) is 8.75. The van der Waals surface area contributed by atoms with Crippen LogP contribution in [0.2, 0.25) is 5.02 Å². The van der Waals surface area contributed by atoms with Gasteiger partial charge in [0.25, 0.3) is 11.8 Å². The molecule has 184 valence electrons. The first-order valence-electron chi connectivity index (χ1n) is 11.6. The molecule has 5 rings (SSSR count). The Morgan fingerprint density at radius 2 is 2.06 bits per heavy atom. The van der Waals surface area contributed by atoms with Crippen molar-refractivity contribution in [1.29, 1.82) is 0 Å². The van der Waals surface area contributed by atoms with E-state index in [-0.39, 0.29) is 24.6 Å². The van der Waals surface area contributed by atoms with Crippen LogP contribution in [0.4, 0.5) is 5.82 Å². The lowest BCUT2D eigenvalue weighted by Crippen LogP contribution is -2.48. The number of ether oxygens (including phenoxy) is 2. The quantitative estimate of drug-likeness (QED) is 0.387. The molecule has 1 aliphatic heterocycles. The molecule has 1 aliphatic carbocycles. The topological polar surface area (TPSA) is 131 Å². The van der Waals surface area contributed by atoms with Crippen molar-refractivity contribution in [2.75, 3.05) is 19.0 Å². The number of aliphatic hydroxyl groups excluding tert-OH is 1. The van der Waals surface area contributed by atoms with Gasteiger partial charge in [-0.1, -0.05) is 17.7 Å². The third kappa shape index (κ3) is 5.30. The number of aromatic nitrogens is 3. The number of nitrogens with zero attached hydrogens (tertiary/aromatic N) is 3. The minimum Gasteiger partial charge on any atom is -0.481 e. The second kappa shape index (κ2) is 10.3. The van der Waals surface area contributed by atoms with E-state index in [1.807, 2.05) is 24.3 Å². The second-order valence-corrected chi connectivity index (χ2v) is 9.16. The fraction of sp³-hybridized carbons (Fsp3) is 0.417. The average molecular weight is 499 g/mol. The van der Waals surface area contributed by atoms with Crippen LogP contribution in [-0.4, -0.2) is 57.9 Å². The number of carbonyl (C=O) groups excluding carboxylic acids is 1. The number of amides is 1. The Morgan fingerprint density at radius 3 is 2.89 bits per heavy atom. The summed E-state index contributed by atoms with van der Waals surface area (Å²) in [6, 6.07) is 7.67. The van der Waals surface area contributed by atoms with Gasteiger partial charge >= 0.3 is 0 Å². The molecule has 1 fully saturated rings. The third-order valence-corrected chi connectivity index (χ3v) is 6.76. The highest BCUT2D eigenvalue weighted by atomic mass is 35.5. The largest absolute Gasteiger partial charge is 0.481 e. The van der Waals surface area contributed by atoms with Gasteiger partial charge in [-0.2, -0.15) is 0 Å². The number of pyridine rings is 1. The maximum absolute atomic E-state index is 11.5. The SMILES string of the molecule is COc1ccc2ccc(Cl)c(CN[C@@H]3CC[C@@H](NCc4cnc5c(n4)NC(=O)CO5)C[C@@H]3O)c2n1. The number of halogens is 1. The summed E-state index contributed by atoms with van der Waals surface area (Å²) in [7, 11) is 1.59. The molecule has 0 radical (unpaired) electrons. The van der Waals surface area contributed by atoms with Crippen LogP contribution in [0.1, 0.15) is 30.5 Å². The lowest BCUT2D eigenvalue weighted by molar-refractivity contribution is -0.118. The van der Waals surface area contributed by atoms with Gasteiger partial charge in [-0.15, -0.1) is 0 Å². The fourth-order valence-corrected chi connectivity index (χ4v) is 4.75. The molecule has 1 amide bonds. The number of methoxy groups -OCH3 is 1. The van der Waals surface area contributed by atoms with E-state index in [9.17, 15) is 9.90 Å². The van der Waals surface area contributed by atoms with Gasteiger partial charge in [-0.3, -0.25) is 4.79 Å². The van der Waals surface area contributed by atoms with Crippen LogP contribution in [0.5, 0.6) is 11.8 Å². The van der Waals surface area contributed by atoms with Gasteiger partial charge in [0, 0.05) is 47.2 Å². The van der Waals surface area contributed by atoms with E-state index in [0.717, 1.165) is 29.3 Å². The Morgan fingerprint density at radius 1 is 1.20 bits per heavy atom. The molecule has 0 spiro atoms. The Hall–Kier alpha value is -3.05. The van der Waals surface area contributed by atoms with Gasteiger partial charge in [0.15, 0.2) is 12.4 Å². The van der Waals surface area contributed by atoms with Crippen molar-refractivity contribution in [3.05, 3.63) is 46.7 Å². The van der Waals surface area contributed by atoms with E-state index in [1.54, 1.807) is 13.3 Å². The molecule has 2 aromatic heterocycles. The zero-order chi connectivity index (χ0) is 24.4. The van der Waals surface area contributed by atoms with E-state index in [1.165, 1.54) is 0 Å². The van der Waals surface area contributed by atoms with Gasteiger partial charge < -0.3 is 30.5 Å². The van der Waals surface area contributed by atoms with E-state index in [0.29, 0.717) is 47.8 Å². The van der Waals surface area contributed by atoms with Gasteiger partial charge in [-0.25, -0.2) is 15.0 Å². The van der Waals surface area contributed by atoms with Crippen molar-refractivity contribution in [2.24, 2.45) is 0 Å². The molecule has 1 aromatic carbocycles. The van der Waals surface area contributed by atoms with E-state index < -0.39 is 6.10 Å². The van der Waals surface area contributed by atoms with Gasteiger partial charge in [0.1, 0.15) is 0 Å². The van der Waals surface area contributed by atoms with Crippen LogP contribution >= 0.6 is 11.6 Å². The van der Waals surface area contributed by atoms with Gasteiger partial charge in [0.2, 0.25) is 5.88 Å². The minimum atomic E-state index is -0.514. The fourth-order valence-electron chi connectivity index (χ4n) is 4.53. The van der Waals surface area contributed by atoms with Gasteiger partial charge in [0.05, 0.1) is 30.6 Å². The molecule has 35 heavy (non-hydrogen) atoms. The van der Waals surface area contributed by atoms with Crippen LogP contribution in [0, 0.1) is 0 Å². The first-order chi connectivity index (χ1) is 17.0. The van der Waals surface area contributed by atoms with Crippen molar-refractivity contribution in [2.45, 2.75) is 50.5 Å². The van der Waals surface area contributed by atoms with Crippen LogP contribution in [0.25, 0.3) is 10.9 Å². The van der Waals surface area contributed by atoms with Crippen LogP contribution in [0.15, 0.2) is 30.5 Å². The van der Waals surface area contributed by atoms with Crippen molar-refractivity contribution in [3.8, 4) is 11.8 Å². The maximum atomic E-state index is 11.5. The molecule has 4 N–H and O–H groups in total.